The van der Waals surface area contributed by atoms with Crippen molar-refractivity contribution in [2.45, 2.75) is 25.7 Å². The van der Waals surface area contributed by atoms with Crippen LogP contribution in [0, 0.1) is 11.8 Å². The summed E-state index contributed by atoms with van der Waals surface area (Å²) < 4.78 is 0. The second-order valence-corrected chi connectivity index (χ2v) is 12.3. The predicted molar refractivity (Wildman–Crippen MR) is 179 cm³/mol. The highest BCUT2D eigenvalue weighted by Gasteiger charge is 2.34. The maximum absolute atomic E-state index is 2.56. The zero-order valence-electron chi connectivity index (χ0n) is 23.7. The van der Waals surface area contributed by atoms with Gasteiger partial charge in [-0.2, -0.15) is 0 Å². The van der Waals surface area contributed by atoms with Gasteiger partial charge in [-0.15, -0.1) is 0 Å². The molecule has 0 saturated carbocycles. The van der Waals surface area contributed by atoms with Gasteiger partial charge >= 0.3 is 0 Å². The monoisotopic (exact) mass is 536 g/mol. The minimum absolute atomic E-state index is 0.503. The van der Waals surface area contributed by atoms with Crippen LogP contribution in [0.25, 0.3) is 49.0 Å². The van der Waals surface area contributed by atoms with Crippen molar-refractivity contribution >= 4 is 37.9 Å². The molecule has 0 heterocycles. The highest BCUT2D eigenvalue weighted by atomic mass is 14.4. The van der Waals surface area contributed by atoms with Crippen LogP contribution in [0.5, 0.6) is 0 Å². The molecule has 0 spiro atoms. The van der Waals surface area contributed by atoms with Crippen LogP contribution >= 0.6 is 0 Å². The molecule has 0 saturated heterocycles. The van der Waals surface area contributed by atoms with Gasteiger partial charge in [-0.3, -0.25) is 0 Å². The minimum atomic E-state index is 0.503. The Bertz CT molecular complexity index is 2080. The van der Waals surface area contributed by atoms with Crippen molar-refractivity contribution in [2.24, 2.45) is 11.8 Å². The molecule has 5 aromatic carbocycles. The molecule has 9 rings (SSSR count). The van der Waals surface area contributed by atoms with E-state index in [9.17, 15) is 0 Å². The lowest BCUT2D eigenvalue weighted by atomic mass is 9.66. The lowest BCUT2D eigenvalue weighted by Crippen LogP contribution is -2.23. The topological polar surface area (TPSA) is 0 Å². The van der Waals surface area contributed by atoms with Gasteiger partial charge in [0.25, 0.3) is 0 Å². The van der Waals surface area contributed by atoms with Crippen molar-refractivity contribution < 1.29 is 0 Å². The lowest BCUT2D eigenvalue weighted by Gasteiger charge is -2.38. The van der Waals surface area contributed by atoms with Gasteiger partial charge in [0.2, 0.25) is 0 Å². The molecule has 0 fully saturated rings. The number of benzene rings is 5. The molecule has 42 heavy (non-hydrogen) atoms. The van der Waals surface area contributed by atoms with Crippen LogP contribution in [0.1, 0.15) is 31.2 Å². The first-order valence-electron chi connectivity index (χ1n) is 15.5. The molecule has 2 unspecified atom stereocenters. The van der Waals surface area contributed by atoms with E-state index in [1.807, 2.05) is 0 Å². The molecule has 0 nitrogen and oxygen atoms in total. The van der Waals surface area contributed by atoms with Crippen molar-refractivity contribution in [2.75, 3.05) is 0 Å². The lowest BCUT2D eigenvalue weighted by molar-refractivity contribution is 0.481. The molecule has 5 aromatic rings. The van der Waals surface area contributed by atoms with Crippen LogP contribution in [0.15, 0.2) is 156 Å². The molecule has 200 valence electrons. The summed E-state index contributed by atoms with van der Waals surface area (Å²) in [5.74, 6) is 1.15. The second-order valence-electron chi connectivity index (χ2n) is 12.3. The molecule has 2 atom stereocenters. The number of hydrogen-bond donors (Lipinski definition) is 0. The first kappa shape index (κ1) is 24.0. The van der Waals surface area contributed by atoms with E-state index in [4.69, 9.17) is 0 Å². The molecular formula is C42H32. The highest BCUT2D eigenvalue weighted by molar-refractivity contribution is 6.19. The number of rotatable bonds is 2. The van der Waals surface area contributed by atoms with Gasteiger partial charge in [-0.1, -0.05) is 127 Å². The molecule has 4 aliphatic carbocycles. The molecule has 0 aliphatic heterocycles. The zero-order valence-corrected chi connectivity index (χ0v) is 23.7. The SMILES string of the molecule is C1=CCC2CC3C(=CC2=C1)C=CC1=C(c2c4ccccc4c(-c4ccc5ccccc5c4)c4ccccc24)CCC=C13. The smallest absolute Gasteiger partial charge is 0.00982 e. The van der Waals surface area contributed by atoms with Crippen LogP contribution in [0.2, 0.25) is 0 Å². The Morgan fingerprint density at radius 1 is 0.643 bits per heavy atom. The van der Waals surface area contributed by atoms with Gasteiger partial charge < -0.3 is 0 Å². The summed E-state index contributed by atoms with van der Waals surface area (Å²) in [5, 5.41) is 7.98. The Morgan fingerprint density at radius 3 is 2.14 bits per heavy atom. The van der Waals surface area contributed by atoms with Gasteiger partial charge in [0, 0.05) is 5.92 Å². The largest absolute Gasteiger partial charge is 0.0839 e. The first-order valence-corrected chi connectivity index (χ1v) is 15.5. The highest BCUT2D eigenvalue weighted by Crippen LogP contribution is 2.51. The van der Waals surface area contributed by atoms with E-state index < -0.39 is 0 Å². The number of fused-ring (bicyclic) bond motifs is 7. The quantitative estimate of drug-likeness (QED) is 0.197. The van der Waals surface area contributed by atoms with E-state index in [0.29, 0.717) is 11.8 Å². The Kier molecular flexibility index (Phi) is 5.38. The van der Waals surface area contributed by atoms with E-state index in [2.05, 4.69) is 134 Å². The van der Waals surface area contributed by atoms with Gasteiger partial charge in [0.15, 0.2) is 0 Å². The van der Waals surface area contributed by atoms with Crippen LogP contribution in [0.4, 0.5) is 0 Å². The number of allylic oxidation sites excluding steroid dienone is 12. The Labute approximate surface area is 247 Å². The molecular weight excluding hydrogens is 504 g/mol. The van der Waals surface area contributed by atoms with E-state index in [1.54, 1.807) is 5.57 Å². The van der Waals surface area contributed by atoms with Gasteiger partial charge in [-0.25, -0.2) is 0 Å². The predicted octanol–water partition coefficient (Wildman–Crippen LogP) is 11.3. The van der Waals surface area contributed by atoms with Gasteiger partial charge in [0.1, 0.15) is 0 Å². The number of hydrogen-bond acceptors (Lipinski definition) is 0. The summed E-state index contributed by atoms with van der Waals surface area (Å²) in [6.45, 7) is 0. The molecule has 0 aromatic heterocycles. The third-order valence-electron chi connectivity index (χ3n) is 10.1. The zero-order chi connectivity index (χ0) is 27.6. The Balaban J connectivity index is 1.30. The minimum Gasteiger partial charge on any atom is -0.0839 e. The maximum atomic E-state index is 2.56. The molecule has 0 bridgehead atoms. The van der Waals surface area contributed by atoms with E-state index in [-0.39, 0.29) is 0 Å². The fourth-order valence-electron chi connectivity index (χ4n) is 8.14. The Morgan fingerprint density at radius 2 is 1.36 bits per heavy atom. The summed E-state index contributed by atoms with van der Waals surface area (Å²) >= 11 is 0. The fourth-order valence-corrected chi connectivity index (χ4v) is 8.14. The third kappa shape index (κ3) is 3.61. The fraction of sp³-hybridized carbons (Fsp3) is 0.143. The summed E-state index contributed by atoms with van der Waals surface area (Å²) in [5.41, 5.74) is 11.6. The molecule has 0 N–H and O–H groups in total. The first-order chi connectivity index (χ1) is 20.8. The standard InChI is InChI=1S/C42H32/c1-2-11-28-25-32(21-20-27(28)10-1)41-36-14-5-7-16-38(36)42(39-17-8-6-15-37(39)41)35-19-9-18-33-34(35)23-22-31-24-29-12-3-4-13-30(29)26-40(31)33/h1-8,10-12,14-18,20-25,30,40H,9,13,19,26H2. The van der Waals surface area contributed by atoms with Gasteiger partial charge in [-0.05, 0) is 115 Å². The van der Waals surface area contributed by atoms with E-state index in [1.165, 1.54) is 84.1 Å². The third-order valence-corrected chi connectivity index (χ3v) is 10.1. The van der Waals surface area contributed by atoms with Crippen LogP contribution < -0.4 is 0 Å². The molecule has 0 amide bonds. The van der Waals surface area contributed by atoms with Crippen LogP contribution in [-0.2, 0) is 0 Å². The average molecular weight is 537 g/mol. The summed E-state index contributed by atoms with van der Waals surface area (Å²) in [6, 6.07) is 33.9. The molecule has 4 aliphatic rings. The summed E-state index contributed by atoms with van der Waals surface area (Å²) in [4.78, 5) is 0. The summed E-state index contributed by atoms with van der Waals surface area (Å²) in [6.07, 6.45) is 21.4. The molecule has 0 heteroatoms. The van der Waals surface area contributed by atoms with Crippen molar-refractivity contribution in [3.63, 3.8) is 0 Å². The van der Waals surface area contributed by atoms with Crippen molar-refractivity contribution in [1.29, 1.82) is 0 Å². The van der Waals surface area contributed by atoms with E-state index in [0.717, 1.165) is 12.8 Å². The Hall–Kier alpha value is -4.68. The molecule has 0 radical (unpaired) electrons. The maximum Gasteiger partial charge on any atom is 0.00982 e. The van der Waals surface area contributed by atoms with Crippen molar-refractivity contribution in [3.05, 3.63) is 161 Å². The van der Waals surface area contributed by atoms with E-state index >= 15 is 0 Å². The summed E-state index contributed by atoms with van der Waals surface area (Å²) in [7, 11) is 0. The van der Waals surface area contributed by atoms with Crippen LogP contribution in [0.3, 0.4) is 0 Å². The van der Waals surface area contributed by atoms with Crippen LogP contribution in [-0.4, -0.2) is 0 Å². The van der Waals surface area contributed by atoms with Crippen molar-refractivity contribution in [1.82, 2.24) is 0 Å². The average Bonchev–Trinajstić information content (AvgIpc) is 3.05. The van der Waals surface area contributed by atoms with Gasteiger partial charge in [0.05, 0.1) is 0 Å². The second kappa shape index (κ2) is 9.43. The normalized spacial score (nSPS) is 21.1. The van der Waals surface area contributed by atoms with Crippen molar-refractivity contribution in [3.8, 4) is 11.1 Å².